The number of amides is 1. The molecule has 86 valence electrons. The van der Waals surface area contributed by atoms with Gasteiger partial charge in [0.05, 0.1) is 5.92 Å². The van der Waals surface area contributed by atoms with E-state index in [2.05, 4.69) is 24.1 Å². The van der Waals surface area contributed by atoms with Crippen LogP contribution in [0.2, 0.25) is 0 Å². The summed E-state index contributed by atoms with van der Waals surface area (Å²) in [5, 5.41) is 6.37. The topological polar surface area (TPSA) is 41.1 Å². The molecular weight excluding hydrogens is 188 g/mol. The van der Waals surface area contributed by atoms with Crippen molar-refractivity contribution in [2.45, 2.75) is 45.2 Å². The first kappa shape index (κ1) is 12.2. The molecule has 0 bridgehead atoms. The molecule has 3 atom stereocenters. The molecule has 2 N–H and O–H groups in total. The van der Waals surface area contributed by atoms with Crippen LogP contribution >= 0.6 is 0 Å². The summed E-state index contributed by atoms with van der Waals surface area (Å²) in [5.74, 6) is 0.315. The summed E-state index contributed by atoms with van der Waals surface area (Å²) >= 11 is 0. The van der Waals surface area contributed by atoms with Crippen molar-refractivity contribution >= 4 is 5.91 Å². The largest absolute Gasteiger partial charge is 0.353 e. The lowest BCUT2D eigenvalue weighted by Crippen LogP contribution is -2.48. The zero-order chi connectivity index (χ0) is 11.3. The molecule has 0 aliphatic carbocycles. The van der Waals surface area contributed by atoms with Gasteiger partial charge in [-0.05, 0) is 39.7 Å². The molecule has 1 unspecified atom stereocenters. The summed E-state index contributed by atoms with van der Waals surface area (Å²) in [6.07, 6.45) is 4.77. The highest BCUT2D eigenvalue weighted by atomic mass is 16.2. The van der Waals surface area contributed by atoms with Crippen molar-refractivity contribution in [1.82, 2.24) is 10.6 Å². The summed E-state index contributed by atoms with van der Waals surface area (Å²) in [7, 11) is 0. The van der Waals surface area contributed by atoms with Crippen LogP contribution in [-0.4, -0.2) is 24.5 Å². The number of hydrogen-bond donors (Lipinski definition) is 2. The van der Waals surface area contributed by atoms with Crippen LogP contribution in [0.3, 0.4) is 0 Å². The van der Waals surface area contributed by atoms with E-state index in [1.54, 1.807) is 0 Å². The Bertz CT molecular complexity index is 228. The van der Waals surface area contributed by atoms with Gasteiger partial charge >= 0.3 is 0 Å². The minimum absolute atomic E-state index is 0.131. The third-order valence-corrected chi connectivity index (χ3v) is 3.01. The first-order valence-corrected chi connectivity index (χ1v) is 5.79. The highest BCUT2D eigenvalue weighted by molar-refractivity contribution is 5.79. The molecule has 1 heterocycles. The van der Waals surface area contributed by atoms with E-state index in [1.807, 2.05) is 13.0 Å². The van der Waals surface area contributed by atoms with Gasteiger partial charge in [-0.15, -0.1) is 6.58 Å². The monoisotopic (exact) mass is 210 g/mol. The molecule has 3 heteroatoms. The third-order valence-electron chi connectivity index (χ3n) is 3.01. The number of carbonyl (C=O) groups is 1. The van der Waals surface area contributed by atoms with Crippen LogP contribution in [0.5, 0.6) is 0 Å². The molecule has 3 nitrogen and oxygen atoms in total. The standard InChI is InChI=1S/C12H22N2O/c1-4-6-9(2)14-12(15)11-7-5-8-13-10(11)3/h4,9-11,13H,1,5-8H2,2-3H3,(H,14,15)/t9?,10-,11-/m1/s1. The van der Waals surface area contributed by atoms with E-state index >= 15 is 0 Å². The average Bonchev–Trinajstić information content (AvgIpc) is 2.18. The molecule has 1 saturated heterocycles. The van der Waals surface area contributed by atoms with E-state index in [-0.39, 0.29) is 17.9 Å². The molecule has 0 aromatic rings. The van der Waals surface area contributed by atoms with Crippen LogP contribution in [0.25, 0.3) is 0 Å². The Balaban J connectivity index is 2.41. The van der Waals surface area contributed by atoms with Gasteiger partial charge in [-0.3, -0.25) is 4.79 Å². The molecule has 0 saturated carbocycles. The second-order valence-electron chi connectivity index (χ2n) is 4.43. The van der Waals surface area contributed by atoms with E-state index in [0.717, 1.165) is 25.8 Å². The lowest BCUT2D eigenvalue weighted by molar-refractivity contribution is -0.127. The minimum atomic E-state index is 0.131. The van der Waals surface area contributed by atoms with Crippen LogP contribution in [0, 0.1) is 5.92 Å². The fraction of sp³-hybridized carbons (Fsp3) is 0.750. The van der Waals surface area contributed by atoms with Crippen molar-refractivity contribution in [3.63, 3.8) is 0 Å². The highest BCUT2D eigenvalue weighted by Crippen LogP contribution is 2.16. The quantitative estimate of drug-likeness (QED) is 0.690. The van der Waals surface area contributed by atoms with Crippen molar-refractivity contribution in [1.29, 1.82) is 0 Å². The number of rotatable bonds is 4. The van der Waals surface area contributed by atoms with Crippen molar-refractivity contribution < 1.29 is 4.79 Å². The fourth-order valence-corrected chi connectivity index (χ4v) is 2.06. The van der Waals surface area contributed by atoms with Crippen LogP contribution in [0.4, 0.5) is 0 Å². The van der Waals surface area contributed by atoms with Crippen molar-refractivity contribution in [3.05, 3.63) is 12.7 Å². The number of carbonyl (C=O) groups excluding carboxylic acids is 1. The molecule has 1 rings (SSSR count). The van der Waals surface area contributed by atoms with Gasteiger partial charge in [0.1, 0.15) is 0 Å². The van der Waals surface area contributed by atoms with Gasteiger partial charge in [0, 0.05) is 12.1 Å². The van der Waals surface area contributed by atoms with E-state index in [1.165, 1.54) is 0 Å². The van der Waals surface area contributed by atoms with Crippen molar-refractivity contribution in [2.75, 3.05) is 6.54 Å². The molecule has 0 aromatic heterocycles. The fourth-order valence-electron chi connectivity index (χ4n) is 2.06. The van der Waals surface area contributed by atoms with Crippen molar-refractivity contribution in [3.8, 4) is 0 Å². The normalized spacial score (nSPS) is 28.1. The maximum Gasteiger partial charge on any atom is 0.224 e. The number of piperidine rings is 1. The Hall–Kier alpha value is -0.830. The SMILES string of the molecule is C=CCC(C)NC(=O)[C@@H]1CCCN[C@@H]1C. The van der Waals surface area contributed by atoms with Crippen LogP contribution in [0.15, 0.2) is 12.7 Å². The Kier molecular flexibility index (Phi) is 4.82. The summed E-state index contributed by atoms with van der Waals surface area (Å²) in [6, 6.07) is 0.499. The van der Waals surface area contributed by atoms with Crippen molar-refractivity contribution in [2.24, 2.45) is 5.92 Å². The zero-order valence-electron chi connectivity index (χ0n) is 9.75. The second-order valence-corrected chi connectivity index (χ2v) is 4.43. The Morgan fingerprint density at radius 1 is 1.73 bits per heavy atom. The second kappa shape index (κ2) is 5.91. The molecule has 1 amide bonds. The average molecular weight is 210 g/mol. The van der Waals surface area contributed by atoms with Gasteiger partial charge in [-0.1, -0.05) is 6.08 Å². The van der Waals surface area contributed by atoms with Crippen LogP contribution < -0.4 is 10.6 Å². The van der Waals surface area contributed by atoms with Gasteiger partial charge in [0.25, 0.3) is 0 Å². The molecule has 0 radical (unpaired) electrons. The lowest BCUT2D eigenvalue weighted by atomic mass is 9.91. The van der Waals surface area contributed by atoms with E-state index in [4.69, 9.17) is 0 Å². The highest BCUT2D eigenvalue weighted by Gasteiger charge is 2.27. The first-order valence-electron chi connectivity index (χ1n) is 5.79. The summed E-state index contributed by atoms with van der Waals surface area (Å²) in [4.78, 5) is 11.9. The smallest absolute Gasteiger partial charge is 0.224 e. The number of hydrogen-bond acceptors (Lipinski definition) is 2. The number of nitrogens with one attached hydrogen (secondary N) is 2. The van der Waals surface area contributed by atoms with E-state index < -0.39 is 0 Å². The molecule has 0 spiro atoms. The van der Waals surface area contributed by atoms with E-state index in [0.29, 0.717) is 6.04 Å². The molecule has 1 fully saturated rings. The summed E-state index contributed by atoms with van der Waals surface area (Å²) in [6.45, 7) is 8.81. The molecule has 1 aliphatic heterocycles. The Morgan fingerprint density at radius 2 is 2.47 bits per heavy atom. The Morgan fingerprint density at radius 3 is 3.07 bits per heavy atom. The first-order chi connectivity index (χ1) is 7.15. The van der Waals surface area contributed by atoms with Gasteiger partial charge in [-0.2, -0.15) is 0 Å². The molecule has 1 aliphatic rings. The Labute approximate surface area is 92.3 Å². The van der Waals surface area contributed by atoms with E-state index in [9.17, 15) is 4.79 Å². The van der Waals surface area contributed by atoms with Gasteiger partial charge in [0.15, 0.2) is 0 Å². The zero-order valence-corrected chi connectivity index (χ0v) is 9.75. The predicted octanol–water partition coefficient (Wildman–Crippen LogP) is 1.46. The summed E-state index contributed by atoms with van der Waals surface area (Å²) in [5.41, 5.74) is 0. The molecule has 0 aromatic carbocycles. The predicted molar refractivity (Wildman–Crippen MR) is 62.6 cm³/mol. The molecular formula is C12H22N2O. The molecule has 15 heavy (non-hydrogen) atoms. The van der Waals surface area contributed by atoms with Crippen LogP contribution in [-0.2, 0) is 4.79 Å². The summed E-state index contributed by atoms with van der Waals surface area (Å²) < 4.78 is 0. The minimum Gasteiger partial charge on any atom is -0.353 e. The maximum atomic E-state index is 11.9. The lowest BCUT2D eigenvalue weighted by Gasteiger charge is -2.29. The van der Waals surface area contributed by atoms with Gasteiger partial charge in [-0.25, -0.2) is 0 Å². The third kappa shape index (κ3) is 3.67. The van der Waals surface area contributed by atoms with Gasteiger partial charge < -0.3 is 10.6 Å². The maximum absolute atomic E-state index is 11.9. The van der Waals surface area contributed by atoms with Crippen LogP contribution in [0.1, 0.15) is 33.1 Å². The van der Waals surface area contributed by atoms with Gasteiger partial charge in [0.2, 0.25) is 5.91 Å².